The molecule has 19 heavy (non-hydrogen) atoms. The van der Waals surface area contributed by atoms with Crippen molar-refractivity contribution >= 4 is 17.4 Å². The first kappa shape index (κ1) is 13.6. The molecule has 1 aromatic carbocycles. The molecule has 1 heterocycles. The Morgan fingerprint density at radius 3 is 2.84 bits per heavy atom. The highest BCUT2D eigenvalue weighted by Gasteiger charge is 2.04. The van der Waals surface area contributed by atoms with Crippen LogP contribution in [0.2, 0.25) is 5.02 Å². The number of rotatable bonds is 5. The largest absolute Gasteiger partial charge is 0.437 e. The van der Waals surface area contributed by atoms with Crippen LogP contribution in [0.25, 0.3) is 0 Å². The third-order valence-corrected chi connectivity index (χ3v) is 2.96. The van der Waals surface area contributed by atoms with Crippen molar-refractivity contribution in [3.8, 4) is 11.6 Å². The molecular weight excluding hydrogens is 262 g/mol. The van der Waals surface area contributed by atoms with Gasteiger partial charge in [0.05, 0.1) is 12.4 Å². The summed E-state index contributed by atoms with van der Waals surface area (Å²) in [5.74, 6) is 1.87. The molecule has 0 fully saturated rings. The number of ether oxygens (including phenoxy) is 1. The van der Waals surface area contributed by atoms with Crippen molar-refractivity contribution in [3.63, 3.8) is 0 Å². The topological polar surface area (TPSA) is 47.0 Å². The Bertz CT molecular complexity index is 560. The number of anilines is 1. The fourth-order valence-electron chi connectivity index (χ4n) is 1.67. The van der Waals surface area contributed by atoms with Gasteiger partial charge in [0.2, 0.25) is 5.88 Å². The zero-order valence-electron chi connectivity index (χ0n) is 11.0. The SMILES string of the molecule is CCNc1cncc(Oc2ccc(Cl)c(CC)c2)n1. The van der Waals surface area contributed by atoms with E-state index < -0.39 is 0 Å². The molecule has 100 valence electrons. The van der Waals surface area contributed by atoms with Crippen molar-refractivity contribution in [2.75, 3.05) is 11.9 Å². The van der Waals surface area contributed by atoms with Crippen LogP contribution in [0.15, 0.2) is 30.6 Å². The Labute approximate surface area is 117 Å². The number of hydrogen-bond donors (Lipinski definition) is 1. The van der Waals surface area contributed by atoms with E-state index in [2.05, 4.69) is 22.2 Å². The first-order valence-corrected chi connectivity index (χ1v) is 6.63. The number of aryl methyl sites for hydroxylation is 1. The average Bonchev–Trinajstić information content (AvgIpc) is 2.42. The zero-order chi connectivity index (χ0) is 13.7. The Morgan fingerprint density at radius 1 is 1.26 bits per heavy atom. The molecule has 0 aliphatic carbocycles. The Hall–Kier alpha value is -1.81. The molecule has 0 radical (unpaired) electrons. The maximum Gasteiger partial charge on any atom is 0.239 e. The first-order valence-electron chi connectivity index (χ1n) is 6.25. The second kappa shape index (κ2) is 6.38. The van der Waals surface area contributed by atoms with Gasteiger partial charge in [-0.05, 0) is 37.1 Å². The summed E-state index contributed by atoms with van der Waals surface area (Å²) in [4.78, 5) is 8.39. The Morgan fingerprint density at radius 2 is 2.11 bits per heavy atom. The van der Waals surface area contributed by atoms with Crippen molar-refractivity contribution in [2.24, 2.45) is 0 Å². The van der Waals surface area contributed by atoms with E-state index in [9.17, 15) is 0 Å². The quantitative estimate of drug-likeness (QED) is 0.900. The predicted octanol–water partition coefficient (Wildman–Crippen LogP) is 3.92. The molecule has 2 rings (SSSR count). The minimum atomic E-state index is 0.461. The lowest BCUT2D eigenvalue weighted by Gasteiger charge is -2.08. The molecule has 2 aromatic rings. The molecule has 0 unspecified atom stereocenters. The highest BCUT2D eigenvalue weighted by Crippen LogP contribution is 2.25. The molecule has 4 nitrogen and oxygen atoms in total. The van der Waals surface area contributed by atoms with Gasteiger partial charge in [-0.3, -0.25) is 4.98 Å². The number of halogens is 1. The highest BCUT2D eigenvalue weighted by molar-refractivity contribution is 6.31. The van der Waals surface area contributed by atoms with Crippen LogP contribution in [-0.2, 0) is 6.42 Å². The van der Waals surface area contributed by atoms with E-state index in [0.717, 1.165) is 23.6 Å². The van der Waals surface area contributed by atoms with E-state index in [1.807, 2.05) is 25.1 Å². The zero-order valence-corrected chi connectivity index (χ0v) is 11.7. The van der Waals surface area contributed by atoms with Crippen molar-refractivity contribution < 1.29 is 4.74 Å². The van der Waals surface area contributed by atoms with Crippen molar-refractivity contribution in [1.29, 1.82) is 0 Å². The van der Waals surface area contributed by atoms with Crippen LogP contribution in [0.1, 0.15) is 19.4 Å². The fraction of sp³-hybridized carbons (Fsp3) is 0.286. The summed E-state index contributed by atoms with van der Waals surface area (Å²) in [6.45, 7) is 4.84. The normalized spacial score (nSPS) is 10.3. The molecule has 0 spiro atoms. The summed E-state index contributed by atoms with van der Waals surface area (Å²) in [7, 11) is 0. The van der Waals surface area contributed by atoms with Gasteiger partial charge in [-0.2, -0.15) is 4.98 Å². The van der Waals surface area contributed by atoms with Gasteiger partial charge in [0.1, 0.15) is 11.6 Å². The van der Waals surface area contributed by atoms with Crippen molar-refractivity contribution in [2.45, 2.75) is 20.3 Å². The third-order valence-electron chi connectivity index (χ3n) is 2.59. The lowest BCUT2D eigenvalue weighted by Crippen LogP contribution is -2.00. The van der Waals surface area contributed by atoms with E-state index >= 15 is 0 Å². The molecule has 1 aromatic heterocycles. The van der Waals surface area contributed by atoms with Gasteiger partial charge in [-0.15, -0.1) is 0 Å². The number of hydrogen-bond acceptors (Lipinski definition) is 4. The fourth-order valence-corrected chi connectivity index (χ4v) is 1.92. The van der Waals surface area contributed by atoms with Crippen LogP contribution in [-0.4, -0.2) is 16.5 Å². The monoisotopic (exact) mass is 277 g/mol. The van der Waals surface area contributed by atoms with Gasteiger partial charge in [0, 0.05) is 11.6 Å². The second-order valence-electron chi connectivity index (χ2n) is 3.98. The second-order valence-corrected chi connectivity index (χ2v) is 4.39. The van der Waals surface area contributed by atoms with Crippen LogP contribution in [0.3, 0.4) is 0 Å². The van der Waals surface area contributed by atoms with Crippen molar-refractivity contribution in [1.82, 2.24) is 9.97 Å². The Balaban J connectivity index is 2.18. The third kappa shape index (κ3) is 3.58. The van der Waals surface area contributed by atoms with Gasteiger partial charge in [0.15, 0.2) is 0 Å². The number of nitrogens with zero attached hydrogens (tertiary/aromatic N) is 2. The van der Waals surface area contributed by atoms with Crippen molar-refractivity contribution in [3.05, 3.63) is 41.2 Å². The molecule has 0 saturated carbocycles. The van der Waals surface area contributed by atoms with E-state index in [1.54, 1.807) is 12.4 Å². The van der Waals surface area contributed by atoms with Gasteiger partial charge >= 0.3 is 0 Å². The molecular formula is C14H16ClN3O. The van der Waals surface area contributed by atoms with Crippen LogP contribution in [0.5, 0.6) is 11.6 Å². The summed E-state index contributed by atoms with van der Waals surface area (Å²) in [5, 5.41) is 3.84. The molecule has 0 amide bonds. The summed E-state index contributed by atoms with van der Waals surface area (Å²) >= 11 is 6.07. The lowest BCUT2D eigenvalue weighted by atomic mass is 10.1. The first-order chi connectivity index (χ1) is 9.22. The highest BCUT2D eigenvalue weighted by atomic mass is 35.5. The van der Waals surface area contributed by atoms with Crippen LogP contribution >= 0.6 is 11.6 Å². The molecule has 5 heteroatoms. The van der Waals surface area contributed by atoms with Crippen LogP contribution in [0.4, 0.5) is 5.82 Å². The number of aromatic nitrogens is 2. The predicted molar refractivity (Wildman–Crippen MR) is 77.1 cm³/mol. The summed E-state index contributed by atoms with van der Waals surface area (Å²) < 4.78 is 5.69. The van der Waals surface area contributed by atoms with Gasteiger partial charge < -0.3 is 10.1 Å². The maximum atomic E-state index is 6.07. The minimum absolute atomic E-state index is 0.461. The summed E-state index contributed by atoms with van der Waals surface area (Å²) in [6, 6.07) is 5.57. The maximum absolute atomic E-state index is 6.07. The summed E-state index contributed by atoms with van der Waals surface area (Å²) in [5.41, 5.74) is 1.05. The van der Waals surface area contributed by atoms with Crippen LogP contribution in [0, 0.1) is 0 Å². The molecule has 0 saturated heterocycles. The summed E-state index contributed by atoms with van der Waals surface area (Å²) in [6.07, 6.45) is 4.11. The van der Waals surface area contributed by atoms with E-state index in [-0.39, 0.29) is 0 Å². The molecule has 0 aliphatic rings. The lowest BCUT2D eigenvalue weighted by molar-refractivity contribution is 0.460. The van der Waals surface area contributed by atoms with E-state index in [0.29, 0.717) is 17.4 Å². The molecule has 0 bridgehead atoms. The van der Waals surface area contributed by atoms with Gasteiger partial charge in [-0.1, -0.05) is 18.5 Å². The number of nitrogens with one attached hydrogen (secondary N) is 1. The van der Waals surface area contributed by atoms with Crippen LogP contribution < -0.4 is 10.1 Å². The van der Waals surface area contributed by atoms with Gasteiger partial charge in [-0.25, -0.2) is 0 Å². The molecule has 0 atom stereocenters. The average molecular weight is 278 g/mol. The number of benzene rings is 1. The van der Waals surface area contributed by atoms with Gasteiger partial charge in [0.25, 0.3) is 0 Å². The smallest absolute Gasteiger partial charge is 0.239 e. The van der Waals surface area contributed by atoms with E-state index in [4.69, 9.17) is 16.3 Å². The molecule has 1 N–H and O–H groups in total. The minimum Gasteiger partial charge on any atom is -0.437 e. The Kier molecular flexibility index (Phi) is 4.58. The standard InChI is InChI=1S/C14H16ClN3O/c1-3-10-7-11(5-6-12(10)15)19-14-9-16-8-13(18-14)17-4-2/h5-9H,3-4H2,1-2H3,(H,17,18). The molecule has 0 aliphatic heterocycles. The van der Waals surface area contributed by atoms with E-state index in [1.165, 1.54) is 0 Å².